The lowest BCUT2D eigenvalue weighted by molar-refractivity contribution is 1.11. The summed E-state index contributed by atoms with van der Waals surface area (Å²) in [5, 5.41) is 4.76. The van der Waals surface area contributed by atoms with Crippen LogP contribution >= 0.6 is 0 Å². The van der Waals surface area contributed by atoms with Gasteiger partial charge in [-0.25, -0.2) is 0 Å². The van der Waals surface area contributed by atoms with E-state index in [2.05, 4.69) is 35.8 Å². The van der Waals surface area contributed by atoms with Gasteiger partial charge in [0.2, 0.25) is 0 Å². The Morgan fingerprint density at radius 2 is 1.91 bits per heavy atom. The Labute approximate surface area is 63.5 Å². The second kappa shape index (κ2) is 1.26. The van der Waals surface area contributed by atoms with E-state index >= 15 is 0 Å². The molecule has 0 aliphatic heterocycles. The van der Waals surface area contributed by atoms with Crippen molar-refractivity contribution in [1.29, 1.82) is 0 Å². The summed E-state index contributed by atoms with van der Waals surface area (Å²) in [5.74, 6) is 0. The lowest BCUT2D eigenvalue weighted by Gasteiger charge is -2.01. The predicted octanol–water partition coefficient (Wildman–Crippen LogP) is 0.789. The topological polar surface area (TPSA) is 4.41 Å². The van der Waals surface area contributed by atoms with Crippen molar-refractivity contribution in [2.24, 2.45) is 0 Å². The van der Waals surface area contributed by atoms with Crippen LogP contribution in [0.25, 0.3) is 29.4 Å². The highest BCUT2D eigenvalue weighted by atomic mass is 14.9. The van der Waals surface area contributed by atoms with Crippen molar-refractivity contribution in [3.05, 3.63) is 28.9 Å². The summed E-state index contributed by atoms with van der Waals surface area (Å²) in [7, 11) is 0. The molecule has 1 aromatic carbocycles. The molecule has 0 unspecified atom stereocenters. The van der Waals surface area contributed by atoms with Gasteiger partial charge in [0.25, 0.3) is 0 Å². The zero-order valence-corrected chi connectivity index (χ0v) is 6.09. The summed E-state index contributed by atoms with van der Waals surface area (Å²) >= 11 is 0. The van der Waals surface area contributed by atoms with Gasteiger partial charge in [-0.2, -0.15) is 0 Å². The number of benzene rings is 1. The van der Waals surface area contributed by atoms with Crippen LogP contribution in [0.4, 0.5) is 0 Å². The zero-order valence-electron chi connectivity index (χ0n) is 6.09. The number of hydrogen-bond acceptors (Lipinski definition) is 0. The Morgan fingerprint density at radius 1 is 1.09 bits per heavy atom. The number of nitrogens with zero attached hydrogens (tertiary/aromatic N) is 1. The summed E-state index contributed by atoms with van der Waals surface area (Å²) < 4.78 is 2.10. The molecule has 0 fully saturated rings. The molecule has 52 valence electrons. The van der Waals surface area contributed by atoms with Crippen LogP contribution in [0.5, 0.6) is 0 Å². The lowest BCUT2D eigenvalue weighted by atomic mass is 10.2. The van der Waals surface area contributed by atoms with E-state index in [4.69, 9.17) is 0 Å². The molecule has 3 heterocycles. The van der Waals surface area contributed by atoms with Crippen molar-refractivity contribution >= 4 is 29.4 Å². The van der Waals surface area contributed by atoms with Crippen LogP contribution in [0.3, 0.4) is 0 Å². The van der Waals surface area contributed by atoms with E-state index in [9.17, 15) is 0 Å². The maximum atomic E-state index is 3.99. The highest BCUT2D eigenvalue weighted by Gasteiger charge is 2.13. The fourth-order valence-corrected chi connectivity index (χ4v) is 1.90. The van der Waals surface area contributed by atoms with Gasteiger partial charge in [0.1, 0.15) is 0 Å². The van der Waals surface area contributed by atoms with Crippen LogP contribution in [0.2, 0.25) is 0 Å². The molecule has 4 rings (SSSR count). The molecule has 0 aliphatic rings. The minimum Gasteiger partial charge on any atom is -0.310 e. The van der Waals surface area contributed by atoms with Gasteiger partial charge in [0, 0.05) is 21.5 Å². The molecule has 0 radical (unpaired) electrons. The van der Waals surface area contributed by atoms with Gasteiger partial charge in [0.05, 0.1) is 5.52 Å². The van der Waals surface area contributed by atoms with Gasteiger partial charge in [-0.05, 0) is 6.07 Å². The highest BCUT2D eigenvalue weighted by Crippen LogP contribution is 2.17. The minimum absolute atomic E-state index is 1.09. The second-order valence-electron chi connectivity index (χ2n) is 2.93. The number of rotatable bonds is 0. The summed E-state index contributed by atoms with van der Waals surface area (Å²) in [6.45, 7) is 7.94. The van der Waals surface area contributed by atoms with Crippen molar-refractivity contribution in [2.45, 2.75) is 0 Å². The molecule has 0 spiro atoms. The van der Waals surface area contributed by atoms with Crippen LogP contribution in [0.15, 0.2) is 18.2 Å². The Morgan fingerprint density at radius 3 is 2.55 bits per heavy atom. The van der Waals surface area contributed by atoms with E-state index in [1.165, 1.54) is 16.3 Å². The van der Waals surface area contributed by atoms with E-state index in [0.717, 1.165) is 10.7 Å². The van der Waals surface area contributed by atoms with Gasteiger partial charge in [-0.1, -0.05) is 25.3 Å². The van der Waals surface area contributed by atoms with Gasteiger partial charge in [0.15, 0.2) is 0 Å². The molecule has 0 atom stereocenters. The standard InChI is InChI=1S/C10H7N/c1-6-8-4-3-5-9-10(8)7(2)11(6)9/h3-5H,1-2H2. The summed E-state index contributed by atoms with van der Waals surface area (Å²) in [5.41, 5.74) is 1.28. The van der Waals surface area contributed by atoms with E-state index < -0.39 is 0 Å². The average Bonchev–Trinajstić information content (AvgIpc) is 2.34. The summed E-state index contributed by atoms with van der Waals surface area (Å²) in [4.78, 5) is 0. The van der Waals surface area contributed by atoms with Crippen molar-refractivity contribution in [1.82, 2.24) is 4.40 Å². The Hall–Kier alpha value is -1.50. The van der Waals surface area contributed by atoms with E-state index in [1.54, 1.807) is 0 Å². The predicted molar refractivity (Wildman–Crippen MR) is 47.6 cm³/mol. The van der Waals surface area contributed by atoms with Crippen LogP contribution in [0, 0.1) is 0 Å². The first-order valence-electron chi connectivity index (χ1n) is 3.62. The van der Waals surface area contributed by atoms with E-state index in [0.29, 0.717) is 0 Å². The zero-order chi connectivity index (χ0) is 7.59. The Kier molecular flexibility index (Phi) is 0.593. The fourth-order valence-electron chi connectivity index (χ4n) is 1.90. The summed E-state index contributed by atoms with van der Waals surface area (Å²) in [6.07, 6.45) is 0. The van der Waals surface area contributed by atoms with Gasteiger partial charge < -0.3 is 4.40 Å². The Balaban J connectivity index is 3.03. The third-order valence-electron chi connectivity index (χ3n) is 2.42. The molecule has 4 aromatic rings. The van der Waals surface area contributed by atoms with Crippen LogP contribution in [-0.4, -0.2) is 4.40 Å². The molecular formula is C10H7N. The normalized spacial score (nSPS) is 12.4. The van der Waals surface area contributed by atoms with Crippen LogP contribution in [-0.2, 0) is 0 Å². The molecule has 1 heteroatoms. The molecule has 0 aliphatic carbocycles. The third-order valence-corrected chi connectivity index (χ3v) is 2.42. The quantitative estimate of drug-likeness (QED) is 0.436. The fraction of sp³-hybridized carbons (Fsp3) is 0. The largest absolute Gasteiger partial charge is 0.310 e. The van der Waals surface area contributed by atoms with Crippen LogP contribution in [0.1, 0.15) is 0 Å². The van der Waals surface area contributed by atoms with Gasteiger partial charge in [-0.3, -0.25) is 0 Å². The molecule has 3 aromatic heterocycles. The molecule has 0 saturated heterocycles. The van der Waals surface area contributed by atoms with Gasteiger partial charge >= 0.3 is 0 Å². The average molecular weight is 141 g/mol. The highest BCUT2D eigenvalue weighted by molar-refractivity contribution is 6.02. The molecule has 0 saturated carbocycles. The lowest BCUT2D eigenvalue weighted by Crippen LogP contribution is -2.21. The van der Waals surface area contributed by atoms with Crippen molar-refractivity contribution in [3.63, 3.8) is 0 Å². The first-order valence-corrected chi connectivity index (χ1v) is 3.62. The molecular weight excluding hydrogens is 134 g/mol. The number of aromatic nitrogens is 1. The molecule has 4 bridgehead atoms. The summed E-state index contributed by atoms with van der Waals surface area (Å²) in [6, 6.07) is 6.26. The van der Waals surface area contributed by atoms with Crippen LogP contribution < -0.4 is 10.7 Å². The monoisotopic (exact) mass is 141 g/mol. The SMILES string of the molecule is C=c1c2cccc3c2c(=C)n13. The molecule has 0 amide bonds. The maximum absolute atomic E-state index is 3.99. The minimum atomic E-state index is 1.09. The number of hydrogen-bond donors (Lipinski definition) is 0. The van der Waals surface area contributed by atoms with Crippen molar-refractivity contribution < 1.29 is 0 Å². The molecule has 0 N–H and O–H groups in total. The second-order valence-corrected chi connectivity index (χ2v) is 2.93. The molecule has 11 heavy (non-hydrogen) atoms. The smallest absolute Gasteiger partial charge is 0.0561 e. The third kappa shape index (κ3) is 0.340. The van der Waals surface area contributed by atoms with Crippen molar-refractivity contribution in [2.75, 3.05) is 0 Å². The molecule has 1 nitrogen and oxygen atoms in total. The van der Waals surface area contributed by atoms with Gasteiger partial charge in [-0.15, -0.1) is 0 Å². The maximum Gasteiger partial charge on any atom is 0.0561 e. The van der Waals surface area contributed by atoms with E-state index in [1.807, 2.05) is 0 Å². The van der Waals surface area contributed by atoms with Crippen molar-refractivity contribution in [3.8, 4) is 0 Å². The first-order chi connectivity index (χ1) is 5.30. The Bertz CT molecular complexity index is 603. The first kappa shape index (κ1) is 5.19. The van der Waals surface area contributed by atoms with E-state index in [-0.39, 0.29) is 0 Å².